The number of nitrogens with two attached hydrogens (primary N) is 1. The molecular formula is C8H14Cl2N2O. The first-order chi connectivity index (χ1) is 5.34. The van der Waals surface area contributed by atoms with Crippen molar-refractivity contribution in [2.45, 2.75) is 6.04 Å². The quantitative estimate of drug-likeness (QED) is 0.849. The van der Waals surface area contributed by atoms with Crippen LogP contribution in [-0.4, -0.2) is 18.7 Å². The maximum atomic E-state index is 5.72. The van der Waals surface area contributed by atoms with Gasteiger partial charge in [-0.1, -0.05) is 6.07 Å². The summed E-state index contributed by atoms with van der Waals surface area (Å²) in [4.78, 5) is 4.09. The molecule has 0 aliphatic carbocycles. The highest BCUT2D eigenvalue weighted by atomic mass is 35.5. The van der Waals surface area contributed by atoms with Gasteiger partial charge in [-0.3, -0.25) is 4.98 Å². The minimum Gasteiger partial charge on any atom is -0.383 e. The van der Waals surface area contributed by atoms with E-state index in [0.29, 0.717) is 6.61 Å². The van der Waals surface area contributed by atoms with Gasteiger partial charge in [-0.25, -0.2) is 0 Å². The van der Waals surface area contributed by atoms with Crippen LogP contribution in [0.3, 0.4) is 0 Å². The van der Waals surface area contributed by atoms with Gasteiger partial charge >= 0.3 is 0 Å². The van der Waals surface area contributed by atoms with Crippen LogP contribution in [0.1, 0.15) is 11.7 Å². The lowest BCUT2D eigenvalue weighted by Gasteiger charge is -2.08. The van der Waals surface area contributed by atoms with Gasteiger partial charge in [0, 0.05) is 13.3 Å². The molecule has 5 heteroatoms. The van der Waals surface area contributed by atoms with Crippen LogP contribution in [0.2, 0.25) is 0 Å². The summed E-state index contributed by atoms with van der Waals surface area (Å²) in [7, 11) is 1.63. The zero-order valence-corrected chi connectivity index (χ0v) is 8.98. The lowest BCUT2D eigenvalue weighted by atomic mass is 10.2. The van der Waals surface area contributed by atoms with Crippen LogP contribution in [0.4, 0.5) is 0 Å². The minimum absolute atomic E-state index is 0. The lowest BCUT2D eigenvalue weighted by Crippen LogP contribution is -2.17. The highest BCUT2D eigenvalue weighted by molar-refractivity contribution is 5.85. The Morgan fingerprint density at radius 1 is 1.46 bits per heavy atom. The molecule has 1 aromatic heterocycles. The molecule has 1 atom stereocenters. The Balaban J connectivity index is 0. The predicted molar refractivity (Wildman–Crippen MR) is 57.5 cm³/mol. The number of methoxy groups -OCH3 is 1. The molecule has 1 aromatic rings. The van der Waals surface area contributed by atoms with Crippen molar-refractivity contribution in [3.05, 3.63) is 30.1 Å². The smallest absolute Gasteiger partial charge is 0.0707 e. The van der Waals surface area contributed by atoms with Crippen molar-refractivity contribution in [3.8, 4) is 0 Å². The van der Waals surface area contributed by atoms with E-state index in [4.69, 9.17) is 10.5 Å². The summed E-state index contributed by atoms with van der Waals surface area (Å²) in [5.41, 5.74) is 6.59. The molecule has 0 aromatic carbocycles. The van der Waals surface area contributed by atoms with Crippen molar-refractivity contribution in [3.63, 3.8) is 0 Å². The molecule has 0 unspecified atom stereocenters. The second-order valence-electron chi connectivity index (χ2n) is 2.32. The minimum atomic E-state index is -0.110. The van der Waals surface area contributed by atoms with Gasteiger partial charge < -0.3 is 10.5 Å². The van der Waals surface area contributed by atoms with Crippen molar-refractivity contribution in [1.29, 1.82) is 0 Å². The Hall–Kier alpha value is -0.350. The van der Waals surface area contributed by atoms with Crippen molar-refractivity contribution in [1.82, 2.24) is 4.98 Å². The molecule has 3 nitrogen and oxygen atoms in total. The Morgan fingerprint density at radius 2 is 2.15 bits per heavy atom. The third kappa shape index (κ3) is 5.05. The molecule has 0 saturated heterocycles. The summed E-state index contributed by atoms with van der Waals surface area (Å²) < 4.78 is 4.89. The molecule has 0 radical (unpaired) electrons. The molecule has 0 bridgehead atoms. The Labute approximate surface area is 90.5 Å². The molecule has 0 aliphatic rings. The monoisotopic (exact) mass is 224 g/mol. The van der Waals surface area contributed by atoms with E-state index in [2.05, 4.69) is 4.98 Å². The van der Waals surface area contributed by atoms with Gasteiger partial charge in [0.15, 0.2) is 0 Å². The average molecular weight is 225 g/mol. The average Bonchev–Trinajstić information content (AvgIpc) is 2.07. The molecule has 1 rings (SSSR count). The summed E-state index contributed by atoms with van der Waals surface area (Å²) in [6, 6.07) is 5.56. The molecule has 0 aliphatic heterocycles. The van der Waals surface area contributed by atoms with Crippen molar-refractivity contribution >= 4 is 24.8 Å². The van der Waals surface area contributed by atoms with Crippen molar-refractivity contribution < 1.29 is 4.74 Å². The highest BCUT2D eigenvalue weighted by Gasteiger charge is 2.04. The first kappa shape index (κ1) is 15.1. The molecule has 0 spiro atoms. The molecule has 76 valence electrons. The molecule has 0 amide bonds. The first-order valence-electron chi connectivity index (χ1n) is 3.50. The fourth-order valence-corrected chi connectivity index (χ4v) is 0.860. The van der Waals surface area contributed by atoms with Crippen LogP contribution in [0.25, 0.3) is 0 Å². The molecule has 2 N–H and O–H groups in total. The maximum Gasteiger partial charge on any atom is 0.0707 e. The summed E-state index contributed by atoms with van der Waals surface area (Å²) in [5.74, 6) is 0. The number of ether oxygens (including phenoxy) is 1. The van der Waals surface area contributed by atoms with E-state index in [1.165, 1.54) is 0 Å². The number of hydrogen-bond donors (Lipinski definition) is 1. The normalized spacial score (nSPS) is 10.9. The fourth-order valence-electron chi connectivity index (χ4n) is 0.860. The molecule has 1 heterocycles. The van der Waals surface area contributed by atoms with Crippen LogP contribution >= 0.6 is 24.8 Å². The Bertz CT molecular complexity index is 209. The predicted octanol–water partition coefficient (Wildman–Crippen LogP) is 1.57. The topological polar surface area (TPSA) is 48.1 Å². The van der Waals surface area contributed by atoms with Gasteiger partial charge in [-0.05, 0) is 12.1 Å². The summed E-state index contributed by atoms with van der Waals surface area (Å²) >= 11 is 0. The van der Waals surface area contributed by atoms with Crippen LogP contribution in [0, 0.1) is 0 Å². The number of nitrogens with zero attached hydrogens (tertiary/aromatic N) is 1. The fraction of sp³-hybridized carbons (Fsp3) is 0.375. The number of aromatic nitrogens is 1. The van der Waals surface area contributed by atoms with Gasteiger partial charge in [-0.2, -0.15) is 0 Å². The van der Waals surface area contributed by atoms with E-state index < -0.39 is 0 Å². The van der Waals surface area contributed by atoms with E-state index in [1.54, 1.807) is 13.3 Å². The van der Waals surface area contributed by atoms with E-state index in [9.17, 15) is 0 Å². The van der Waals surface area contributed by atoms with Crippen LogP contribution in [0.15, 0.2) is 24.4 Å². The van der Waals surface area contributed by atoms with Crippen molar-refractivity contribution in [2.24, 2.45) is 5.73 Å². The van der Waals surface area contributed by atoms with Crippen LogP contribution in [-0.2, 0) is 4.74 Å². The number of rotatable bonds is 3. The van der Waals surface area contributed by atoms with Crippen molar-refractivity contribution in [2.75, 3.05) is 13.7 Å². The van der Waals surface area contributed by atoms with Crippen LogP contribution < -0.4 is 5.73 Å². The number of hydrogen-bond acceptors (Lipinski definition) is 3. The zero-order chi connectivity index (χ0) is 8.10. The van der Waals surface area contributed by atoms with Gasteiger partial charge in [0.1, 0.15) is 0 Å². The van der Waals surface area contributed by atoms with Gasteiger partial charge in [0.05, 0.1) is 18.3 Å². The summed E-state index contributed by atoms with van der Waals surface area (Å²) in [6.07, 6.45) is 1.73. The Morgan fingerprint density at radius 3 is 2.62 bits per heavy atom. The van der Waals surface area contributed by atoms with E-state index >= 15 is 0 Å². The first-order valence-corrected chi connectivity index (χ1v) is 3.50. The summed E-state index contributed by atoms with van der Waals surface area (Å²) in [5, 5.41) is 0. The molecular weight excluding hydrogens is 211 g/mol. The van der Waals surface area contributed by atoms with Gasteiger partial charge in [-0.15, -0.1) is 24.8 Å². The third-order valence-corrected chi connectivity index (χ3v) is 1.41. The van der Waals surface area contributed by atoms with Crippen LogP contribution in [0.5, 0.6) is 0 Å². The lowest BCUT2D eigenvalue weighted by molar-refractivity contribution is 0.179. The third-order valence-electron chi connectivity index (χ3n) is 1.41. The zero-order valence-electron chi connectivity index (χ0n) is 7.34. The standard InChI is InChI=1S/C8H12N2O.2ClH/c1-11-6-7(9)8-4-2-3-5-10-8;;/h2-5,7H,6,9H2,1H3;2*1H/t7-;;/m0../s1. The second kappa shape index (κ2) is 8.26. The van der Waals surface area contributed by atoms with Gasteiger partial charge in [0.2, 0.25) is 0 Å². The highest BCUT2D eigenvalue weighted by Crippen LogP contribution is 2.04. The SMILES string of the molecule is COC[C@H](N)c1ccccn1.Cl.Cl. The molecule has 0 saturated carbocycles. The Kier molecular flexibility index (Phi) is 9.61. The van der Waals surface area contributed by atoms with E-state index in [1.807, 2.05) is 18.2 Å². The second-order valence-corrected chi connectivity index (χ2v) is 2.32. The van der Waals surface area contributed by atoms with E-state index in [0.717, 1.165) is 5.69 Å². The molecule has 0 fully saturated rings. The van der Waals surface area contributed by atoms with E-state index in [-0.39, 0.29) is 30.9 Å². The largest absolute Gasteiger partial charge is 0.383 e. The maximum absolute atomic E-state index is 5.72. The summed E-state index contributed by atoms with van der Waals surface area (Å²) in [6.45, 7) is 0.511. The number of pyridine rings is 1. The number of halogens is 2. The molecule has 13 heavy (non-hydrogen) atoms. The van der Waals surface area contributed by atoms with Gasteiger partial charge in [0.25, 0.3) is 0 Å².